The van der Waals surface area contributed by atoms with Gasteiger partial charge in [0.05, 0.1) is 5.02 Å². The molecular weight excluding hydrogens is 399 g/mol. The smallest absolute Gasteiger partial charge is 0.296 e. The fourth-order valence-corrected chi connectivity index (χ4v) is 3.69. The Labute approximate surface area is 173 Å². The van der Waals surface area contributed by atoms with Crippen molar-refractivity contribution in [3.63, 3.8) is 0 Å². The Bertz CT molecular complexity index is 995. The molecule has 0 aliphatic carbocycles. The van der Waals surface area contributed by atoms with E-state index >= 15 is 0 Å². The molecule has 146 valence electrons. The van der Waals surface area contributed by atoms with E-state index < -0.39 is 0 Å². The van der Waals surface area contributed by atoms with E-state index in [1.165, 1.54) is 0 Å². The van der Waals surface area contributed by atoms with Crippen molar-refractivity contribution >= 4 is 46.2 Å². The summed E-state index contributed by atoms with van der Waals surface area (Å²) >= 11 is 12.1. The van der Waals surface area contributed by atoms with Crippen LogP contribution in [0.3, 0.4) is 0 Å². The number of fused-ring (bicyclic) bond motifs is 1. The van der Waals surface area contributed by atoms with Crippen molar-refractivity contribution in [3.05, 3.63) is 57.6 Å². The van der Waals surface area contributed by atoms with E-state index in [4.69, 9.17) is 27.6 Å². The zero-order chi connectivity index (χ0) is 19.7. The molecule has 1 aliphatic heterocycles. The summed E-state index contributed by atoms with van der Waals surface area (Å²) in [6.07, 6.45) is 0. The van der Waals surface area contributed by atoms with Crippen molar-refractivity contribution in [1.82, 2.24) is 14.8 Å². The quantitative estimate of drug-likeness (QED) is 0.689. The highest BCUT2D eigenvalue weighted by atomic mass is 35.5. The molecule has 1 saturated heterocycles. The average Bonchev–Trinajstić information content (AvgIpc) is 3.10. The van der Waals surface area contributed by atoms with Gasteiger partial charge < -0.3 is 19.5 Å². The minimum absolute atomic E-state index is 0.0816. The third-order valence-electron chi connectivity index (χ3n) is 4.84. The largest absolute Gasteiger partial charge is 0.422 e. The van der Waals surface area contributed by atoms with Crippen LogP contribution in [0.1, 0.15) is 15.9 Å². The number of hydrogen-bond acceptors (Lipinski definition) is 5. The minimum Gasteiger partial charge on any atom is -0.422 e. The van der Waals surface area contributed by atoms with Gasteiger partial charge in [-0.2, -0.15) is 4.98 Å². The monoisotopic (exact) mass is 418 g/mol. The van der Waals surface area contributed by atoms with E-state index in [0.29, 0.717) is 39.3 Å². The van der Waals surface area contributed by atoms with Crippen LogP contribution in [0.15, 0.2) is 40.8 Å². The Kier molecular flexibility index (Phi) is 5.44. The number of nitrogens with zero attached hydrogens (tertiary/aromatic N) is 3. The summed E-state index contributed by atoms with van der Waals surface area (Å²) in [5.41, 5.74) is 2.83. The van der Waals surface area contributed by atoms with Crippen LogP contribution in [-0.4, -0.2) is 53.9 Å². The van der Waals surface area contributed by atoms with Gasteiger partial charge in [-0.05, 0) is 36.9 Å². The van der Waals surface area contributed by atoms with E-state index in [1.54, 1.807) is 12.1 Å². The maximum Gasteiger partial charge on any atom is 0.296 e. The number of piperazine rings is 1. The minimum atomic E-state index is 0.0816. The molecule has 3 aromatic rings. The van der Waals surface area contributed by atoms with Gasteiger partial charge in [-0.15, -0.1) is 0 Å². The van der Waals surface area contributed by atoms with Crippen molar-refractivity contribution in [3.8, 4) is 0 Å². The van der Waals surface area contributed by atoms with Crippen LogP contribution in [0.4, 0.5) is 6.01 Å². The maximum absolute atomic E-state index is 12.6. The number of anilines is 1. The van der Waals surface area contributed by atoms with Crippen molar-refractivity contribution in [2.45, 2.75) is 6.54 Å². The van der Waals surface area contributed by atoms with Crippen LogP contribution in [0.25, 0.3) is 11.1 Å². The number of likely N-dealkylation sites (N-methyl/N-ethyl adjacent to an activating group) is 1. The van der Waals surface area contributed by atoms with Gasteiger partial charge in [-0.3, -0.25) is 4.79 Å². The zero-order valence-electron chi connectivity index (χ0n) is 15.4. The predicted octanol–water partition coefficient (Wildman–Crippen LogP) is 4.13. The molecule has 4 rings (SSSR count). The summed E-state index contributed by atoms with van der Waals surface area (Å²) in [7, 11) is 2.07. The lowest BCUT2D eigenvalue weighted by molar-refractivity contribution is 0.0664. The number of oxazole rings is 1. The Balaban J connectivity index is 1.39. The van der Waals surface area contributed by atoms with Gasteiger partial charge in [0.2, 0.25) is 0 Å². The highest BCUT2D eigenvalue weighted by Gasteiger charge is 2.20. The van der Waals surface area contributed by atoms with Gasteiger partial charge in [0.25, 0.3) is 11.9 Å². The van der Waals surface area contributed by atoms with Gasteiger partial charge in [-0.25, -0.2) is 0 Å². The third kappa shape index (κ3) is 4.09. The number of hydrogen-bond donors (Lipinski definition) is 1. The number of rotatable bonds is 4. The molecule has 1 aliphatic rings. The zero-order valence-corrected chi connectivity index (χ0v) is 16.9. The van der Waals surface area contributed by atoms with Crippen molar-refractivity contribution in [2.24, 2.45) is 0 Å². The molecule has 8 heteroatoms. The molecule has 2 aromatic carbocycles. The standard InChI is InChI=1S/C20H20Cl2N4O2/c1-25-6-8-26(9-7-25)19(27)14-4-2-13(3-5-14)12-23-20-24-17-11-15(21)10-16(22)18(17)28-20/h2-5,10-11H,6-9,12H2,1H3,(H,23,24). The first kappa shape index (κ1) is 19.1. The fraction of sp³-hybridized carbons (Fsp3) is 0.300. The first-order chi connectivity index (χ1) is 13.5. The first-order valence-corrected chi connectivity index (χ1v) is 9.81. The number of amides is 1. The number of benzene rings is 2. The molecule has 6 nitrogen and oxygen atoms in total. The highest BCUT2D eigenvalue weighted by molar-refractivity contribution is 6.38. The molecular formula is C20H20Cl2N4O2. The first-order valence-electron chi connectivity index (χ1n) is 9.06. The third-order valence-corrected chi connectivity index (χ3v) is 5.34. The number of carbonyl (C=O) groups excluding carboxylic acids is 1. The molecule has 1 aromatic heterocycles. The number of carbonyl (C=O) groups is 1. The van der Waals surface area contributed by atoms with E-state index in [0.717, 1.165) is 31.7 Å². The second-order valence-corrected chi connectivity index (χ2v) is 7.74. The molecule has 1 N–H and O–H groups in total. The molecule has 0 unspecified atom stereocenters. The lowest BCUT2D eigenvalue weighted by Gasteiger charge is -2.32. The van der Waals surface area contributed by atoms with E-state index in [2.05, 4.69) is 22.2 Å². The van der Waals surface area contributed by atoms with Gasteiger partial charge in [-0.1, -0.05) is 35.3 Å². The van der Waals surface area contributed by atoms with E-state index in [9.17, 15) is 4.79 Å². The number of aromatic nitrogens is 1. The Hall–Kier alpha value is -2.28. The van der Waals surface area contributed by atoms with E-state index in [-0.39, 0.29) is 5.91 Å². The second kappa shape index (κ2) is 7.99. The molecule has 1 amide bonds. The maximum atomic E-state index is 12.6. The van der Waals surface area contributed by atoms with Crippen LogP contribution in [0, 0.1) is 0 Å². The van der Waals surface area contributed by atoms with Gasteiger partial charge in [0.1, 0.15) is 5.52 Å². The van der Waals surface area contributed by atoms with Crippen LogP contribution in [0.2, 0.25) is 10.0 Å². The summed E-state index contributed by atoms with van der Waals surface area (Å²) in [5.74, 6) is 0.0816. The molecule has 28 heavy (non-hydrogen) atoms. The van der Waals surface area contributed by atoms with Crippen molar-refractivity contribution in [2.75, 3.05) is 38.5 Å². The average molecular weight is 419 g/mol. The fourth-order valence-electron chi connectivity index (χ4n) is 3.17. The van der Waals surface area contributed by atoms with E-state index in [1.807, 2.05) is 29.2 Å². The van der Waals surface area contributed by atoms with Gasteiger partial charge in [0.15, 0.2) is 5.58 Å². The van der Waals surface area contributed by atoms with Crippen molar-refractivity contribution < 1.29 is 9.21 Å². The molecule has 0 saturated carbocycles. The predicted molar refractivity (Wildman–Crippen MR) is 111 cm³/mol. The van der Waals surface area contributed by atoms with Crippen LogP contribution in [-0.2, 0) is 6.54 Å². The normalized spacial score (nSPS) is 15.2. The summed E-state index contributed by atoms with van der Waals surface area (Å²) in [5, 5.41) is 4.07. The van der Waals surface area contributed by atoms with Crippen LogP contribution >= 0.6 is 23.2 Å². The molecule has 1 fully saturated rings. The Morgan fingerprint density at radius 3 is 2.57 bits per heavy atom. The highest BCUT2D eigenvalue weighted by Crippen LogP contribution is 2.30. The number of nitrogens with one attached hydrogen (secondary N) is 1. The summed E-state index contributed by atoms with van der Waals surface area (Å²) in [6.45, 7) is 3.87. The Morgan fingerprint density at radius 1 is 1.14 bits per heavy atom. The molecule has 2 heterocycles. The lowest BCUT2D eigenvalue weighted by Crippen LogP contribution is -2.47. The van der Waals surface area contributed by atoms with Gasteiger partial charge in [0, 0.05) is 43.3 Å². The topological polar surface area (TPSA) is 61.6 Å². The summed E-state index contributed by atoms with van der Waals surface area (Å²) in [4.78, 5) is 21.1. The lowest BCUT2D eigenvalue weighted by atomic mass is 10.1. The molecule has 0 radical (unpaired) electrons. The van der Waals surface area contributed by atoms with Crippen LogP contribution in [0.5, 0.6) is 0 Å². The SMILES string of the molecule is CN1CCN(C(=O)c2ccc(CNc3nc4cc(Cl)cc(Cl)c4o3)cc2)CC1. The van der Waals surface area contributed by atoms with Gasteiger partial charge >= 0.3 is 0 Å². The number of halogens is 2. The molecule has 0 bridgehead atoms. The molecule has 0 spiro atoms. The Morgan fingerprint density at radius 2 is 1.86 bits per heavy atom. The summed E-state index contributed by atoms with van der Waals surface area (Å²) < 4.78 is 5.65. The van der Waals surface area contributed by atoms with Crippen LogP contribution < -0.4 is 5.32 Å². The second-order valence-electron chi connectivity index (χ2n) is 6.90. The summed E-state index contributed by atoms with van der Waals surface area (Å²) in [6, 6.07) is 11.3. The van der Waals surface area contributed by atoms with Crippen molar-refractivity contribution in [1.29, 1.82) is 0 Å². The molecule has 0 atom stereocenters.